The third-order valence-corrected chi connectivity index (χ3v) is 6.77. The molecule has 0 unspecified atom stereocenters. The van der Waals surface area contributed by atoms with Crippen LogP contribution in [-0.4, -0.2) is 55.2 Å². The minimum absolute atomic E-state index is 0.0747. The molecule has 4 rings (SSSR count). The summed E-state index contributed by atoms with van der Waals surface area (Å²) in [5, 5.41) is 11.4. The van der Waals surface area contributed by atoms with Crippen LogP contribution in [0.5, 0.6) is 0 Å². The number of rotatable bonds is 4. The highest BCUT2D eigenvalue weighted by molar-refractivity contribution is 7.99. The van der Waals surface area contributed by atoms with E-state index in [9.17, 15) is 14.4 Å². The molecule has 0 atom stereocenters. The molecule has 2 fully saturated rings. The molecule has 8 nitrogen and oxygen atoms in total. The second-order valence-corrected chi connectivity index (χ2v) is 8.88. The molecule has 2 aromatic rings. The van der Waals surface area contributed by atoms with Gasteiger partial charge in [0.25, 0.3) is 5.91 Å². The van der Waals surface area contributed by atoms with E-state index in [1.54, 1.807) is 0 Å². The quantitative estimate of drug-likeness (QED) is 0.593. The first-order chi connectivity index (χ1) is 14.4. The van der Waals surface area contributed by atoms with E-state index in [0.29, 0.717) is 18.0 Å². The normalized spacial score (nSPS) is 18.5. The number of nitrogens with one attached hydrogen (secondary N) is 1. The standard InChI is InChI=1S/C21H25N5O3S/c1-14-7-6-8-16(11-14)26-15(2)23-24-20(26)30-13-18(28)25-12-17(27)22-19(29)21(25)9-4-3-5-10-21/h6-8,11H,3-5,9-10,12-13H2,1-2H3,(H,22,27,29). The van der Waals surface area contributed by atoms with E-state index in [-0.39, 0.29) is 24.1 Å². The Labute approximate surface area is 179 Å². The lowest BCUT2D eigenvalue weighted by molar-refractivity contribution is -0.158. The molecule has 158 valence electrons. The van der Waals surface area contributed by atoms with Gasteiger partial charge in [-0.3, -0.25) is 24.3 Å². The molecule has 2 heterocycles. The number of aryl methyl sites for hydroxylation is 2. The lowest BCUT2D eigenvalue weighted by Gasteiger charge is -2.47. The van der Waals surface area contributed by atoms with Gasteiger partial charge in [0.2, 0.25) is 11.8 Å². The monoisotopic (exact) mass is 427 g/mol. The van der Waals surface area contributed by atoms with E-state index < -0.39 is 11.4 Å². The molecule has 1 saturated heterocycles. The highest BCUT2D eigenvalue weighted by Crippen LogP contribution is 2.36. The largest absolute Gasteiger partial charge is 0.318 e. The molecule has 1 aliphatic carbocycles. The summed E-state index contributed by atoms with van der Waals surface area (Å²) in [4.78, 5) is 39.4. The van der Waals surface area contributed by atoms with Crippen molar-refractivity contribution in [3.05, 3.63) is 35.7 Å². The van der Waals surface area contributed by atoms with Crippen LogP contribution in [0.4, 0.5) is 0 Å². The number of amides is 3. The molecule has 1 spiro atoms. The lowest BCUT2D eigenvalue weighted by atomic mass is 9.78. The van der Waals surface area contributed by atoms with Gasteiger partial charge >= 0.3 is 0 Å². The number of carbonyl (C=O) groups excluding carboxylic acids is 3. The molecule has 1 aliphatic heterocycles. The maximum atomic E-state index is 13.2. The van der Waals surface area contributed by atoms with Gasteiger partial charge in [-0.05, 0) is 44.4 Å². The first kappa shape index (κ1) is 20.6. The minimum Gasteiger partial charge on any atom is -0.318 e. The predicted octanol–water partition coefficient (Wildman–Crippen LogP) is 2.16. The van der Waals surface area contributed by atoms with Gasteiger partial charge in [-0.2, -0.15) is 0 Å². The summed E-state index contributed by atoms with van der Waals surface area (Å²) < 4.78 is 1.91. The van der Waals surface area contributed by atoms with E-state index in [1.165, 1.54) is 16.7 Å². The minimum atomic E-state index is -0.899. The summed E-state index contributed by atoms with van der Waals surface area (Å²) >= 11 is 1.28. The third kappa shape index (κ3) is 3.74. The van der Waals surface area contributed by atoms with Gasteiger partial charge in [0.15, 0.2) is 5.16 Å². The molecule has 0 radical (unpaired) electrons. The average Bonchev–Trinajstić information content (AvgIpc) is 3.10. The molecular weight excluding hydrogens is 402 g/mol. The number of thioether (sulfide) groups is 1. The van der Waals surface area contributed by atoms with Crippen molar-refractivity contribution < 1.29 is 14.4 Å². The summed E-state index contributed by atoms with van der Waals surface area (Å²) in [5.41, 5.74) is 1.15. The van der Waals surface area contributed by atoms with Crippen LogP contribution < -0.4 is 5.32 Å². The Kier molecular flexibility index (Phi) is 5.64. The Hall–Kier alpha value is -2.68. The van der Waals surface area contributed by atoms with E-state index in [0.717, 1.165) is 36.3 Å². The Balaban J connectivity index is 1.55. The summed E-state index contributed by atoms with van der Waals surface area (Å²) in [5.74, 6) is -0.163. The molecule has 2 aliphatic rings. The van der Waals surface area contributed by atoms with Crippen molar-refractivity contribution >= 4 is 29.5 Å². The first-order valence-electron chi connectivity index (χ1n) is 10.2. The second-order valence-electron chi connectivity index (χ2n) is 7.94. The number of imide groups is 1. The Bertz CT molecular complexity index is 996. The predicted molar refractivity (Wildman–Crippen MR) is 112 cm³/mol. The fraction of sp³-hybridized carbons (Fsp3) is 0.476. The molecule has 1 aromatic carbocycles. The SMILES string of the molecule is Cc1cccc(-n2c(C)nnc2SCC(=O)N2CC(=O)NC(=O)C23CCCCC3)c1. The molecule has 0 bridgehead atoms. The van der Waals surface area contributed by atoms with Gasteiger partial charge in [0.05, 0.1) is 5.75 Å². The molecule has 1 aromatic heterocycles. The van der Waals surface area contributed by atoms with Crippen LogP contribution in [0.2, 0.25) is 0 Å². The van der Waals surface area contributed by atoms with E-state index in [2.05, 4.69) is 15.5 Å². The van der Waals surface area contributed by atoms with Crippen molar-refractivity contribution in [2.45, 2.75) is 56.6 Å². The van der Waals surface area contributed by atoms with Crippen LogP contribution in [0, 0.1) is 13.8 Å². The van der Waals surface area contributed by atoms with Crippen molar-refractivity contribution in [3.63, 3.8) is 0 Å². The fourth-order valence-electron chi connectivity index (χ4n) is 4.37. The lowest BCUT2D eigenvalue weighted by Crippen LogP contribution is -2.69. The van der Waals surface area contributed by atoms with Gasteiger partial charge in [0, 0.05) is 5.69 Å². The van der Waals surface area contributed by atoms with Crippen LogP contribution >= 0.6 is 11.8 Å². The number of hydrogen-bond donors (Lipinski definition) is 1. The highest BCUT2D eigenvalue weighted by Gasteiger charge is 2.50. The van der Waals surface area contributed by atoms with Gasteiger partial charge in [-0.25, -0.2) is 0 Å². The number of benzene rings is 1. The van der Waals surface area contributed by atoms with Gasteiger partial charge in [0.1, 0.15) is 17.9 Å². The van der Waals surface area contributed by atoms with Crippen LogP contribution in [0.15, 0.2) is 29.4 Å². The van der Waals surface area contributed by atoms with Crippen LogP contribution in [0.25, 0.3) is 5.69 Å². The number of aromatic nitrogens is 3. The van der Waals surface area contributed by atoms with Crippen molar-refractivity contribution in [3.8, 4) is 5.69 Å². The summed E-state index contributed by atoms with van der Waals surface area (Å²) in [6.07, 6.45) is 3.99. The number of carbonyl (C=O) groups is 3. The van der Waals surface area contributed by atoms with E-state index in [1.807, 2.05) is 42.7 Å². The molecular formula is C21H25N5O3S. The van der Waals surface area contributed by atoms with Crippen molar-refractivity contribution in [1.29, 1.82) is 0 Å². The summed E-state index contributed by atoms with van der Waals surface area (Å²) in [7, 11) is 0. The van der Waals surface area contributed by atoms with Crippen LogP contribution in [0.1, 0.15) is 43.5 Å². The summed E-state index contributed by atoms with van der Waals surface area (Å²) in [6.45, 7) is 3.81. The van der Waals surface area contributed by atoms with Gasteiger partial charge in [-0.15, -0.1) is 10.2 Å². The first-order valence-corrected chi connectivity index (χ1v) is 11.2. The van der Waals surface area contributed by atoms with Gasteiger partial charge in [-0.1, -0.05) is 43.2 Å². The summed E-state index contributed by atoms with van der Waals surface area (Å²) in [6, 6.07) is 7.99. The molecule has 1 saturated carbocycles. The number of nitrogens with zero attached hydrogens (tertiary/aromatic N) is 4. The maximum Gasteiger partial charge on any atom is 0.252 e. The highest BCUT2D eigenvalue weighted by atomic mass is 32.2. The van der Waals surface area contributed by atoms with Crippen molar-refractivity contribution in [2.75, 3.05) is 12.3 Å². The molecule has 30 heavy (non-hydrogen) atoms. The average molecular weight is 428 g/mol. The molecule has 3 amide bonds. The Morgan fingerprint density at radius 2 is 1.93 bits per heavy atom. The Morgan fingerprint density at radius 1 is 1.17 bits per heavy atom. The zero-order chi connectivity index (χ0) is 21.3. The molecule has 1 N–H and O–H groups in total. The van der Waals surface area contributed by atoms with Crippen molar-refractivity contribution in [2.24, 2.45) is 0 Å². The second kappa shape index (κ2) is 8.22. The molecule has 9 heteroatoms. The maximum absolute atomic E-state index is 13.2. The Morgan fingerprint density at radius 3 is 2.67 bits per heavy atom. The van der Waals surface area contributed by atoms with Crippen LogP contribution in [0.3, 0.4) is 0 Å². The van der Waals surface area contributed by atoms with E-state index >= 15 is 0 Å². The number of piperazine rings is 1. The van der Waals surface area contributed by atoms with E-state index in [4.69, 9.17) is 0 Å². The number of hydrogen-bond acceptors (Lipinski definition) is 6. The van der Waals surface area contributed by atoms with Crippen molar-refractivity contribution in [1.82, 2.24) is 25.0 Å². The third-order valence-electron chi connectivity index (χ3n) is 5.86. The van der Waals surface area contributed by atoms with Crippen LogP contribution in [-0.2, 0) is 14.4 Å². The topological polar surface area (TPSA) is 97.2 Å². The smallest absolute Gasteiger partial charge is 0.252 e. The zero-order valence-electron chi connectivity index (χ0n) is 17.2. The van der Waals surface area contributed by atoms with Gasteiger partial charge < -0.3 is 4.90 Å². The fourth-order valence-corrected chi connectivity index (χ4v) is 5.24. The zero-order valence-corrected chi connectivity index (χ0v) is 18.0.